The average molecular weight is 293 g/mol. The minimum absolute atomic E-state index is 0.0626. The Labute approximate surface area is 120 Å². The number of hydrogen-bond donors (Lipinski definition) is 2. The summed E-state index contributed by atoms with van der Waals surface area (Å²) in [4.78, 5) is 12.2. The number of H-pyrrole nitrogens is 1. The summed E-state index contributed by atoms with van der Waals surface area (Å²) in [5.41, 5.74) is 3.75. The minimum Gasteiger partial charge on any atom is -0.349 e. The molecule has 1 aliphatic heterocycles. The number of amides is 1. The van der Waals surface area contributed by atoms with Gasteiger partial charge in [0.15, 0.2) is 0 Å². The lowest BCUT2D eigenvalue weighted by Gasteiger charge is -2.08. The zero-order valence-corrected chi connectivity index (χ0v) is 12.5. The molecule has 0 saturated carbocycles. The number of nitrogens with zero attached hydrogens (tertiary/aromatic N) is 1. The molecular weight excluding hydrogens is 278 g/mol. The first kappa shape index (κ1) is 12.7. The Bertz CT molecular complexity index is 615. The van der Waals surface area contributed by atoms with E-state index in [1.54, 1.807) is 11.3 Å². The summed E-state index contributed by atoms with van der Waals surface area (Å²) in [5.74, 6) is 0.926. The molecule has 0 spiro atoms. The highest BCUT2D eigenvalue weighted by Gasteiger charge is 2.24. The molecule has 2 N–H and O–H groups in total. The number of thiophene rings is 1. The molecule has 0 aromatic carbocycles. The van der Waals surface area contributed by atoms with E-state index in [0.29, 0.717) is 5.69 Å². The van der Waals surface area contributed by atoms with E-state index in [1.807, 2.05) is 25.6 Å². The van der Waals surface area contributed by atoms with Crippen LogP contribution >= 0.6 is 23.1 Å². The van der Waals surface area contributed by atoms with Crippen molar-refractivity contribution in [3.63, 3.8) is 0 Å². The molecule has 100 valence electrons. The molecule has 2 aromatic rings. The molecule has 2 aromatic heterocycles. The number of carbonyl (C=O) groups excluding carboxylic acids is 1. The topological polar surface area (TPSA) is 57.8 Å². The monoisotopic (exact) mass is 293 g/mol. The highest BCUT2D eigenvalue weighted by atomic mass is 32.2. The Balaban J connectivity index is 2.02. The summed E-state index contributed by atoms with van der Waals surface area (Å²) in [6, 6.07) is 2.21. The highest BCUT2D eigenvalue weighted by molar-refractivity contribution is 8.01. The lowest BCUT2D eigenvalue weighted by Crippen LogP contribution is -2.31. The van der Waals surface area contributed by atoms with Gasteiger partial charge >= 0.3 is 0 Å². The number of rotatable bonds is 2. The maximum atomic E-state index is 12.2. The second kappa shape index (κ2) is 5.02. The smallest absolute Gasteiger partial charge is 0.269 e. The Hall–Kier alpha value is -1.27. The lowest BCUT2D eigenvalue weighted by atomic mass is 10.1. The van der Waals surface area contributed by atoms with Gasteiger partial charge < -0.3 is 5.32 Å². The number of thioether (sulfide) groups is 1. The molecule has 1 aliphatic rings. The Morgan fingerprint density at radius 1 is 1.53 bits per heavy atom. The summed E-state index contributed by atoms with van der Waals surface area (Å²) in [6.07, 6.45) is 0.874. The molecule has 0 fully saturated rings. The SMILES string of the molecule is CC(C)NC(=O)c1[nH]nc2c1CCSc1sccc1-2. The van der Waals surface area contributed by atoms with Crippen LogP contribution in [0.5, 0.6) is 0 Å². The van der Waals surface area contributed by atoms with Gasteiger partial charge in [0.25, 0.3) is 5.91 Å². The molecular formula is C13H15N3OS2. The first-order valence-corrected chi connectivity index (χ1v) is 8.12. The predicted molar refractivity (Wildman–Crippen MR) is 78.9 cm³/mol. The largest absolute Gasteiger partial charge is 0.349 e. The van der Waals surface area contributed by atoms with Crippen molar-refractivity contribution >= 4 is 29.0 Å². The second-order valence-corrected chi connectivity index (χ2v) is 7.05. The van der Waals surface area contributed by atoms with Crippen LogP contribution in [-0.2, 0) is 6.42 Å². The number of aromatic amines is 1. The van der Waals surface area contributed by atoms with Gasteiger partial charge in [0.2, 0.25) is 0 Å². The summed E-state index contributed by atoms with van der Waals surface area (Å²) in [6.45, 7) is 3.92. The van der Waals surface area contributed by atoms with E-state index in [1.165, 1.54) is 4.21 Å². The van der Waals surface area contributed by atoms with Gasteiger partial charge in [-0.15, -0.1) is 23.1 Å². The highest BCUT2D eigenvalue weighted by Crippen LogP contribution is 2.40. The van der Waals surface area contributed by atoms with Crippen molar-refractivity contribution in [2.75, 3.05) is 5.75 Å². The maximum absolute atomic E-state index is 12.2. The third kappa shape index (κ3) is 2.30. The van der Waals surface area contributed by atoms with Crippen molar-refractivity contribution in [3.8, 4) is 11.3 Å². The van der Waals surface area contributed by atoms with Gasteiger partial charge in [-0.3, -0.25) is 9.89 Å². The normalized spacial score (nSPS) is 13.8. The Morgan fingerprint density at radius 2 is 2.37 bits per heavy atom. The zero-order chi connectivity index (χ0) is 13.4. The van der Waals surface area contributed by atoms with E-state index in [4.69, 9.17) is 0 Å². The van der Waals surface area contributed by atoms with Crippen molar-refractivity contribution < 1.29 is 4.79 Å². The van der Waals surface area contributed by atoms with Gasteiger partial charge in [-0.25, -0.2) is 0 Å². The first-order chi connectivity index (χ1) is 9.16. The fourth-order valence-electron chi connectivity index (χ4n) is 2.18. The molecule has 6 heteroatoms. The van der Waals surface area contributed by atoms with Gasteiger partial charge in [0.1, 0.15) is 5.69 Å². The number of hydrogen-bond acceptors (Lipinski definition) is 4. The predicted octanol–water partition coefficient (Wildman–Crippen LogP) is 2.92. The van der Waals surface area contributed by atoms with E-state index in [2.05, 4.69) is 27.0 Å². The standard InChI is InChI=1S/C13H15N3OS2/c1-7(2)14-12(17)11-8-3-5-18-13-9(4-6-19-13)10(8)15-16-11/h4,6-7H,3,5H2,1-2H3,(H,14,17)(H,15,16). The van der Waals surface area contributed by atoms with Crippen LogP contribution in [0.25, 0.3) is 11.3 Å². The van der Waals surface area contributed by atoms with E-state index < -0.39 is 0 Å². The summed E-state index contributed by atoms with van der Waals surface area (Å²) in [5, 5.41) is 12.3. The van der Waals surface area contributed by atoms with Crippen molar-refractivity contribution in [3.05, 3.63) is 22.7 Å². The molecule has 0 saturated heterocycles. The van der Waals surface area contributed by atoms with Gasteiger partial charge in [-0.1, -0.05) is 0 Å². The minimum atomic E-state index is -0.0626. The van der Waals surface area contributed by atoms with Crippen molar-refractivity contribution in [1.82, 2.24) is 15.5 Å². The number of carbonyl (C=O) groups is 1. The van der Waals surface area contributed by atoms with E-state index in [9.17, 15) is 4.79 Å². The van der Waals surface area contributed by atoms with Crippen molar-refractivity contribution in [2.45, 2.75) is 30.5 Å². The maximum Gasteiger partial charge on any atom is 0.269 e. The van der Waals surface area contributed by atoms with Crippen LogP contribution in [0.3, 0.4) is 0 Å². The molecule has 4 nitrogen and oxygen atoms in total. The third-order valence-electron chi connectivity index (χ3n) is 2.98. The molecule has 0 atom stereocenters. The number of aromatic nitrogens is 2. The summed E-state index contributed by atoms with van der Waals surface area (Å²) in [7, 11) is 0. The van der Waals surface area contributed by atoms with E-state index >= 15 is 0 Å². The molecule has 0 radical (unpaired) electrons. The van der Waals surface area contributed by atoms with Crippen LogP contribution in [0.15, 0.2) is 15.7 Å². The van der Waals surface area contributed by atoms with Gasteiger partial charge in [0.05, 0.1) is 9.90 Å². The van der Waals surface area contributed by atoms with Crippen LogP contribution in [0.2, 0.25) is 0 Å². The van der Waals surface area contributed by atoms with E-state index in [0.717, 1.165) is 29.0 Å². The van der Waals surface area contributed by atoms with Gasteiger partial charge in [-0.05, 0) is 31.7 Å². The van der Waals surface area contributed by atoms with Gasteiger partial charge in [0, 0.05) is 22.9 Å². The molecule has 1 amide bonds. The van der Waals surface area contributed by atoms with Crippen LogP contribution in [0.4, 0.5) is 0 Å². The molecule has 3 heterocycles. The van der Waals surface area contributed by atoms with E-state index in [-0.39, 0.29) is 11.9 Å². The molecule has 19 heavy (non-hydrogen) atoms. The van der Waals surface area contributed by atoms with Crippen LogP contribution in [0, 0.1) is 0 Å². The van der Waals surface area contributed by atoms with Crippen LogP contribution in [0.1, 0.15) is 29.9 Å². The number of fused-ring (bicyclic) bond motifs is 3. The molecule has 0 aliphatic carbocycles. The lowest BCUT2D eigenvalue weighted by molar-refractivity contribution is 0.0937. The molecule has 0 unspecified atom stereocenters. The third-order valence-corrected chi connectivity index (χ3v) is 5.22. The van der Waals surface area contributed by atoms with Crippen LogP contribution in [-0.4, -0.2) is 27.9 Å². The Morgan fingerprint density at radius 3 is 3.16 bits per heavy atom. The van der Waals surface area contributed by atoms with Gasteiger partial charge in [-0.2, -0.15) is 5.10 Å². The summed E-state index contributed by atoms with van der Waals surface area (Å²) >= 11 is 3.58. The first-order valence-electron chi connectivity index (χ1n) is 6.25. The Kier molecular flexibility index (Phi) is 3.36. The second-order valence-electron chi connectivity index (χ2n) is 4.77. The fourth-order valence-corrected chi connectivity index (χ4v) is 4.30. The van der Waals surface area contributed by atoms with Crippen LogP contribution < -0.4 is 5.32 Å². The fraction of sp³-hybridized carbons (Fsp3) is 0.385. The average Bonchev–Trinajstić information content (AvgIpc) is 2.92. The zero-order valence-electron chi connectivity index (χ0n) is 10.8. The summed E-state index contributed by atoms with van der Waals surface area (Å²) < 4.78 is 1.29. The van der Waals surface area contributed by atoms with Crippen molar-refractivity contribution in [1.29, 1.82) is 0 Å². The number of nitrogens with one attached hydrogen (secondary N) is 2. The molecule has 0 bridgehead atoms. The quantitative estimate of drug-likeness (QED) is 0.895. The molecule has 3 rings (SSSR count). The van der Waals surface area contributed by atoms with Crippen molar-refractivity contribution in [2.24, 2.45) is 0 Å².